The summed E-state index contributed by atoms with van der Waals surface area (Å²) < 4.78 is 107. The smallest absolute Gasteiger partial charge is 0.247 e. The molecule has 1 unspecified atom stereocenters. The van der Waals surface area contributed by atoms with Gasteiger partial charge in [-0.15, -0.1) is 0 Å². The van der Waals surface area contributed by atoms with Gasteiger partial charge in [0, 0.05) is 4.53 Å². The third-order valence-electron chi connectivity index (χ3n) is 1.47. The second kappa shape index (κ2) is 4.84. The van der Waals surface area contributed by atoms with Gasteiger partial charge in [0.1, 0.15) is 0 Å². The zero-order valence-corrected chi connectivity index (χ0v) is 7.30. The van der Waals surface area contributed by atoms with E-state index in [0.717, 1.165) is 0 Å². The maximum atomic E-state index is 12.7. The van der Waals surface area contributed by atoms with E-state index in [4.69, 9.17) is 0 Å². The van der Waals surface area contributed by atoms with Crippen LogP contribution in [0.2, 0.25) is 0 Å². The molecule has 11 heteroatoms. The molecule has 0 saturated carbocycles. The largest absolute Gasteiger partial charge is 0.435 e. The van der Waals surface area contributed by atoms with Gasteiger partial charge in [0.25, 0.3) is 6.43 Å². The summed E-state index contributed by atoms with van der Waals surface area (Å²) in [6.07, 6.45) is -11.6. The van der Waals surface area contributed by atoms with Crippen LogP contribution in [0.4, 0.5) is 39.6 Å². The minimum atomic E-state index is -6.56. The minimum Gasteiger partial charge on any atom is -0.247 e. The molecule has 0 spiro atoms. The van der Waals surface area contributed by atoms with Crippen molar-refractivity contribution in [3.8, 4) is 0 Å². The molecule has 1 atom stereocenters. The second-order valence-electron chi connectivity index (χ2n) is 2.50. The molecule has 2 nitrogen and oxygen atoms in total. The van der Waals surface area contributed by atoms with Crippen LogP contribution in [0.1, 0.15) is 0 Å². The van der Waals surface area contributed by atoms with Gasteiger partial charge in [-0.05, 0) is 0 Å². The Hall–Kier alpha value is -1.42. The third-order valence-corrected chi connectivity index (χ3v) is 1.47. The van der Waals surface area contributed by atoms with Crippen molar-refractivity contribution < 1.29 is 49.4 Å². The molecule has 0 amide bonds. The van der Waals surface area contributed by atoms with Crippen LogP contribution < -0.4 is 0 Å². The lowest BCUT2D eigenvalue weighted by atomic mass is 10.0. The number of hydrogen-bond donors (Lipinski definition) is 0. The number of hydrogen-bond acceptors (Lipinski definition) is 2. The molecule has 0 aliphatic rings. The maximum absolute atomic E-state index is 12.7. The highest BCUT2D eigenvalue weighted by molar-refractivity contribution is 5.86. The molecule has 0 aliphatic carbocycles. The lowest BCUT2D eigenvalue weighted by Crippen LogP contribution is -2.48. The van der Waals surface area contributed by atoms with Crippen LogP contribution in [0.15, 0.2) is 11.7 Å². The molecule has 17 heavy (non-hydrogen) atoms. The Balaban J connectivity index is 5.76. The molecule has 0 fully saturated rings. The predicted octanol–water partition coefficient (Wildman–Crippen LogP) is 3.10. The Morgan fingerprint density at radius 3 is 1.71 bits per heavy atom. The zero-order chi connectivity index (χ0) is 14.0. The first-order valence-corrected chi connectivity index (χ1v) is 3.42. The Morgan fingerprint density at radius 2 is 1.47 bits per heavy atom. The van der Waals surface area contributed by atoms with Crippen molar-refractivity contribution in [1.82, 2.24) is 0 Å². The minimum absolute atomic E-state index is 1.93. The van der Waals surface area contributed by atoms with Gasteiger partial charge in [0.2, 0.25) is 5.83 Å². The quantitative estimate of drug-likeness (QED) is 0.585. The molecule has 0 radical (unpaired) electrons. The summed E-state index contributed by atoms with van der Waals surface area (Å²) in [5.41, 5.74) is -6.06. The fourth-order valence-corrected chi connectivity index (χ4v) is 0.627. The third kappa shape index (κ3) is 2.64. The van der Waals surface area contributed by atoms with Gasteiger partial charge in [0.15, 0.2) is 5.83 Å². The van der Waals surface area contributed by atoms with Crippen molar-refractivity contribution in [1.29, 1.82) is 0 Å². The van der Waals surface area contributed by atoms with Crippen LogP contribution in [0.3, 0.4) is 0 Å². The van der Waals surface area contributed by atoms with Crippen molar-refractivity contribution in [2.24, 2.45) is 0 Å². The fourth-order valence-electron chi connectivity index (χ4n) is 0.627. The van der Waals surface area contributed by atoms with Crippen molar-refractivity contribution in [2.45, 2.75) is 18.3 Å². The number of alkyl halides is 6. The van der Waals surface area contributed by atoms with Crippen LogP contribution in [0.25, 0.3) is 0 Å². The molecule has 0 heterocycles. The van der Waals surface area contributed by atoms with Crippen LogP contribution in [0, 0.1) is 0 Å². The van der Waals surface area contributed by atoms with Gasteiger partial charge in [-0.25, -0.2) is 27.3 Å². The Morgan fingerprint density at radius 1 is 1.06 bits per heavy atom. The van der Waals surface area contributed by atoms with E-state index in [1.807, 2.05) is 4.94 Å². The van der Waals surface area contributed by atoms with Crippen LogP contribution >= 0.6 is 0 Å². The second-order valence-corrected chi connectivity index (χ2v) is 2.50. The number of carbonyl (C=O) groups excluding carboxylic acids is 1. The topological polar surface area (TPSA) is 26.3 Å². The van der Waals surface area contributed by atoms with Crippen molar-refractivity contribution in [3.63, 3.8) is 0 Å². The summed E-state index contributed by atoms with van der Waals surface area (Å²) in [4.78, 5) is 11.8. The van der Waals surface area contributed by atoms with Gasteiger partial charge in [-0.2, -0.15) is 17.6 Å². The van der Waals surface area contributed by atoms with E-state index in [0.29, 0.717) is 0 Å². The SMILES string of the molecule is O=C(OF)/C(F)=C(\F)C(F)(C(F)F)C(F)(F)F. The molecule has 0 bridgehead atoms. The molecule has 100 valence electrons. The average molecular weight is 276 g/mol. The van der Waals surface area contributed by atoms with E-state index in [1.165, 1.54) is 0 Å². The van der Waals surface area contributed by atoms with Gasteiger partial charge in [0.05, 0.1) is 0 Å². The molecule has 0 aromatic carbocycles. The van der Waals surface area contributed by atoms with Gasteiger partial charge in [-0.3, -0.25) is 0 Å². The highest BCUT2D eigenvalue weighted by atomic mass is 19.4. The van der Waals surface area contributed by atoms with Gasteiger partial charge < -0.3 is 0 Å². The molecule has 0 saturated heterocycles. The van der Waals surface area contributed by atoms with Crippen molar-refractivity contribution >= 4 is 5.97 Å². The number of halogens is 9. The first kappa shape index (κ1) is 15.6. The molecule has 0 N–H and O–H groups in total. The first-order valence-electron chi connectivity index (χ1n) is 3.42. The molecular formula is C6HF9O2. The Labute approximate surface area is 86.5 Å². The summed E-state index contributed by atoms with van der Waals surface area (Å²) in [5, 5.41) is 0. The monoisotopic (exact) mass is 276 g/mol. The maximum Gasteiger partial charge on any atom is 0.435 e. The summed E-state index contributed by atoms with van der Waals surface area (Å²) >= 11 is 0. The molecule has 0 aromatic rings. The van der Waals surface area contributed by atoms with E-state index in [9.17, 15) is 44.4 Å². The summed E-state index contributed by atoms with van der Waals surface area (Å²) in [6, 6.07) is 0. The van der Waals surface area contributed by atoms with E-state index in [1.54, 1.807) is 0 Å². The first-order chi connectivity index (χ1) is 7.50. The van der Waals surface area contributed by atoms with Crippen LogP contribution in [-0.4, -0.2) is 24.2 Å². The number of carbonyl (C=O) groups is 1. The van der Waals surface area contributed by atoms with Crippen molar-refractivity contribution in [3.05, 3.63) is 11.7 Å². The molecule has 0 aromatic heterocycles. The predicted molar refractivity (Wildman–Crippen MR) is 32.3 cm³/mol. The lowest BCUT2D eigenvalue weighted by Gasteiger charge is -2.25. The zero-order valence-electron chi connectivity index (χ0n) is 7.30. The molecular weight excluding hydrogens is 275 g/mol. The molecule has 0 rings (SSSR count). The average Bonchev–Trinajstić information content (AvgIpc) is 2.22. The van der Waals surface area contributed by atoms with Gasteiger partial charge in [-0.1, -0.05) is 0 Å². The van der Waals surface area contributed by atoms with Crippen molar-refractivity contribution in [2.75, 3.05) is 0 Å². The van der Waals surface area contributed by atoms with E-state index in [2.05, 4.69) is 0 Å². The van der Waals surface area contributed by atoms with E-state index in [-0.39, 0.29) is 0 Å². The lowest BCUT2D eigenvalue weighted by molar-refractivity contribution is -0.258. The fraction of sp³-hybridized carbons (Fsp3) is 0.500. The highest BCUT2D eigenvalue weighted by Crippen LogP contribution is 2.46. The summed E-state index contributed by atoms with van der Waals surface area (Å²) in [5.74, 6) is -10.2. The van der Waals surface area contributed by atoms with Crippen LogP contribution in [0.5, 0.6) is 0 Å². The van der Waals surface area contributed by atoms with E-state index >= 15 is 0 Å². The Bertz CT molecular complexity index is 333. The summed E-state index contributed by atoms with van der Waals surface area (Å²) in [6.45, 7) is 0. The van der Waals surface area contributed by atoms with E-state index < -0.39 is 35.9 Å². The normalized spacial score (nSPS) is 17.5. The molecule has 0 aliphatic heterocycles. The van der Waals surface area contributed by atoms with Crippen LogP contribution in [-0.2, 0) is 9.74 Å². The standard InChI is InChI=1S/C6HF9O2/c7-1(3(16)17-15)2(8)5(11,4(9)10)6(12,13)14/h4H/b2-1+. The Kier molecular flexibility index (Phi) is 4.43. The highest BCUT2D eigenvalue weighted by Gasteiger charge is 2.67. The number of rotatable bonds is 3. The summed E-state index contributed by atoms with van der Waals surface area (Å²) in [7, 11) is 0. The van der Waals surface area contributed by atoms with Gasteiger partial charge >= 0.3 is 17.8 Å². The number of allylic oxidation sites excluding steroid dienone is 1.